The number of pyridine rings is 2. The number of halogens is 4. The summed E-state index contributed by atoms with van der Waals surface area (Å²) in [5, 5.41) is 4.22. The highest BCUT2D eigenvalue weighted by Gasteiger charge is 2.31. The van der Waals surface area contributed by atoms with Gasteiger partial charge in [-0.3, -0.25) is 4.98 Å². The zero-order chi connectivity index (χ0) is 24.9. The number of fused-ring (bicyclic) bond motifs is 1. The lowest BCUT2D eigenvalue weighted by atomic mass is 10.0. The zero-order valence-corrected chi connectivity index (χ0v) is 19.2. The van der Waals surface area contributed by atoms with Gasteiger partial charge in [-0.2, -0.15) is 13.2 Å². The molecule has 0 fully saturated rings. The highest BCUT2D eigenvalue weighted by molar-refractivity contribution is 6.31. The Balaban J connectivity index is 1.68. The van der Waals surface area contributed by atoms with Crippen LogP contribution in [0.4, 0.5) is 18.0 Å². The predicted molar refractivity (Wildman–Crippen MR) is 124 cm³/mol. The fraction of sp³-hybridized carbons (Fsp3) is 0.208. The third-order valence-electron chi connectivity index (χ3n) is 4.96. The van der Waals surface area contributed by atoms with Gasteiger partial charge in [0.1, 0.15) is 11.3 Å². The topological polar surface area (TPSA) is 69.0 Å². The monoisotopic (exact) mass is 490 g/mol. The van der Waals surface area contributed by atoms with Crippen molar-refractivity contribution in [1.29, 1.82) is 0 Å². The minimum atomic E-state index is -4.47. The van der Waals surface area contributed by atoms with Gasteiger partial charge in [0.15, 0.2) is 0 Å². The summed E-state index contributed by atoms with van der Waals surface area (Å²) in [7, 11) is 1.29. The number of nitrogens with zero attached hydrogens (tertiary/aromatic N) is 3. The molecule has 0 amide bonds. The Morgan fingerprint density at radius 2 is 2.03 bits per heavy atom. The Labute approximate surface area is 199 Å². The second-order valence-corrected chi connectivity index (χ2v) is 7.76. The van der Waals surface area contributed by atoms with Gasteiger partial charge in [-0.15, -0.1) is 0 Å². The Morgan fingerprint density at radius 1 is 1.26 bits per heavy atom. The molecule has 0 saturated heterocycles. The van der Waals surface area contributed by atoms with Gasteiger partial charge < -0.3 is 10.1 Å². The molecule has 3 heterocycles. The number of carbonyl (C=O) groups is 1. The van der Waals surface area contributed by atoms with Crippen molar-refractivity contribution in [2.45, 2.75) is 26.1 Å². The summed E-state index contributed by atoms with van der Waals surface area (Å²) in [5.74, 6) is 0. The molecule has 0 saturated carbocycles. The van der Waals surface area contributed by atoms with Crippen LogP contribution in [0.5, 0.6) is 0 Å². The summed E-state index contributed by atoms with van der Waals surface area (Å²) in [5.41, 5.74) is 2.44. The second kappa shape index (κ2) is 10.6. The van der Waals surface area contributed by atoms with Crippen LogP contribution in [0.3, 0.4) is 0 Å². The van der Waals surface area contributed by atoms with Crippen LogP contribution in [-0.4, -0.2) is 27.7 Å². The minimum Gasteiger partial charge on any atom is -0.452 e. The third-order valence-corrected chi connectivity index (χ3v) is 5.17. The average Bonchev–Trinajstić information content (AvgIpc) is 3.16. The molecular weight excluding hydrogens is 469 g/mol. The van der Waals surface area contributed by atoms with Crippen molar-refractivity contribution in [3.63, 3.8) is 0 Å². The zero-order valence-electron chi connectivity index (χ0n) is 18.5. The normalized spacial score (nSPS) is 12.4. The third kappa shape index (κ3) is 6.05. The molecule has 34 heavy (non-hydrogen) atoms. The number of carbonyl (C=O) groups excluding carboxylic acids is 1. The van der Waals surface area contributed by atoms with E-state index in [1.54, 1.807) is 18.3 Å². The van der Waals surface area contributed by atoms with Crippen LogP contribution < -0.4 is 5.32 Å². The molecule has 0 aromatic carbocycles. The molecule has 0 spiro atoms. The van der Waals surface area contributed by atoms with Crippen molar-refractivity contribution in [2.24, 2.45) is 0 Å². The molecule has 1 N–H and O–H groups in total. The number of nitrogens with one attached hydrogen (secondary N) is 1. The number of methoxy groups -OCH3 is 1. The fourth-order valence-electron chi connectivity index (χ4n) is 3.18. The van der Waals surface area contributed by atoms with Gasteiger partial charge >= 0.3 is 12.3 Å². The van der Waals surface area contributed by atoms with Gasteiger partial charge in [-0.05, 0) is 48.3 Å². The maximum absolute atomic E-state index is 12.6. The highest BCUT2D eigenvalue weighted by Crippen LogP contribution is 2.27. The highest BCUT2D eigenvalue weighted by atomic mass is 35.5. The number of aromatic nitrogens is 3. The Kier molecular flexibility index (Phi) is 7.78. The molecule has 3 aromatic heterocycles. The van der Waals surface area contributed by atoms with E-state index in [4.69, 9.17) is 16.3 Å². The van der Waals surface area contributed by atoms with Crippen molar-refractivity contribution >= 4 is 28.7 Å². The molecule has 0 aliphatic carbocycles. The van der Waals surface area contributed by atoms with E-state index in [-0.39, 0.29) is 6.54 Å². The number of rotatable bonds is 7. The van der Waals surface area contributed by atoms with E-state index in [2.05, 4.69) is 21.9 Å². The second-order valence-electron chi connectivity index (χ2n) is 7.32. The first-order valence-corrected chi connectivity index (χ1v) is 10.5. The summed E-state index contributed by atoms with van der Waals surface area (Å²) in [4.78, 5) is 19.8. The molecule has 3 rings (SSSR count). The van der Waals surface area contributed by atoms with Gasteiger partial charge in [-0.25, -0.2) is 14.3 Å². The smallest absolute Gasteiger partial charge is 0.433 e. The van der Waals surface area contributed by atoms with Gasteiger partial charge in [0.25, 0.3) is 0 Å². The molecule has 0 aliphatic heterocycles. The number of hydrogen-bond acceptors (Lipinski definition) is 5. The van der Waals surface area contributed by atoms with E-state index in [0.717, 1.165) is 22.6 Å². The van der Waals surface area contributed by atoms with Crippen LogP contribution in [0.25, 0.3) is 11.0 Å². The molecule has 0 bridgehead atoms. The lowest BCUT2D eigenvalue weighted by molar-refractivity contribution is -0.141. The number of hydrogen-bond donors (Lipinski definition) is 1. The van der Waals surface area contributed by atoms with E-state index >= 15 is 0 Å². The largest absolute Gasteiger partial charge is 0.452 e. The number of ether oxygens (including phenoxy) is 1. The van der Waals surface area contributed by atoms with Crippen LogP contribution in [0.15, 0.2) is 72.9 Å². The first kappa shape index (κ1) is 25.0. The van der Waals surface area contributed by atoms with Crippen molar-refractivity contribution in [1.82, 2.24) is 19.9 Å². The quantitative estimate of drug-likeness (QED) is 0.407. The average molecular weight is 491 g/mol. The van der Waals surface area contributed by atoms with Crippen molar-refractivity contribution in [3.8, 4) is 0 Å². The molecule has 0 radical (unpaired) electrons. The van der Waals surface area contributed by atoms with Gasteiger partial charge in [0.2, 0.25) is 0 Å². The Morgan fingerprint density at radius 3 is 2.65 bits per heavy atom. The lowest BCUT2D eigenvalue weighted by Gasteiger charge is -2.09. The SMILES string of the molecule is C=C(/C=C\C(=C/C)Cc1cn(C(=O)OC)c2ncc(Cl)cc12)NCc1ccc(C(F)(F)F)nc1. The van der Waals surface area contributed by atoms with Gasteiger partial charge in [0, 0.05) is 36.2 Å². The number of allylic oxidation sites excluding steroid dienone is 4. The maximum atomic E-state index is 12.6. The molecule has 0 atom stereocenters. The molecule has 10 heteroatoms. The van der Waals surface area contributed by atoms with Gasteiger partial charge in [-0.1, -0.05) is 36.4 Å². The van der Waals surface area contributed by atoms with Crippen LogP contribution >= 0.6 is 11.6 Å². The molecule has 3 aromatic rings. The van der Waals surface area contributed by atoms with E-state index in [9.17, 15) is 18.0 Å². The van der Waals surface area contributed by atoms with E-state index < -0.39 is 18.0 Å². The summed E-state index contributed by atoms with van der Waals surface area (Å²) in [6.07, 6.45) is 5.32. The van der Waals surface area contributed by atoms with Crippen LogP contribution in [0.1, 0.15) is 23.7 Å². The van der Waals surface area contributed by atoms with E-state index in [1.807, 2.05) is 19.1 Å². The van der Waals surface area contributed by atoms with Crippen molar-refractivity contribution in [2.75, 3.05) is 7.11 Å². The number of alkyl halides is 3. The molecular formula is C24H22ClF3N4O2. The van der Waals surface area contributed by atoms with Crippen molar-refractivity contribution < 1.29 is 22.7 Å². The van der Waals surface area contributed by atoms with E-state index in [1.165, 1.54) is 30.1 Å². The summed E-state index contributed by atoms with van der Waals surface area (Å²) in [6, 6.07) is 4.06. The first-order valence-electron chi connectivity index (χ1n) is 10.1. The minimum absolute atomic E-state index is 0.274. The maximum Gasteiger partial charge on any atom is 0.433 e. The van der Waals surface area contributed by atoms with Gasteiger partial charge in [0.05, 0.1) is 12.1 Å². The first-order chi connectivity index (χ1) is 16.1. The summed E-state index contributed by atoms with van der Waals surface area (Å²) < 4.78 is 44.0. The Hall–Kier alpha value is -3.59. The Bertz CT molecular complexity index is 1260. The predicted octanol–water partition coefficient (Wildman–Crippen LogP) is 6.07. The van der Waals surface area contributed by atoms with Crippen LogP contribution in [0.2, 0.25) is 5.02 Å². The standard InChI is InChI=1S/C24H22ClF3N4O2/c1-4-16(6-5-15(2)29-11-17-7-8-21(30-12-17)24(26,27)28)9-18-14-32(23(33)34-3)22-20(18)10-19(25)13-31-22/h4-8,10,12-14,29H,2,9,11H2,1,3H3/b6-5-,16-4+. The molecule has 0 aliphatic rings. The summed E-state index contributed by atoms with van der Waals surface area (Å²) in [6.45, 7) is 6.08. The van der Waals surface area contributed by atoms with Crippen molar-refractivity contribution in [3.05, 3.63) is 94.7 Å². The summed E-state index contributed by atoms with van der Waals surface area (Å²) >= 11 is 6.11. The fourth-order valence-corrected chi connectivity index (χ4v) is 3.34. The lowest BCUT2D eigenvalue weighted by Crippen LogP contribution is -2.12. The van der Waals surface area contributed by atoms with Crippen LogP contribution in [-0.2, 0) is 23.9 Å². The molecule has 6 nitrogen and oxygen atoms in total. The van der Waals surface area contributed by atoms with E-state index in [0.29, 0.717) is 28.4 Å². The van der Waals surface area contributed by atoms with Crippen LogP contribution in [0, 0.1) is 0 Å². The molecule has 178 valence electrons. The molecule has 0 unspecified atom stereocenters.